The molecular formula is C20H18N4O4S2. The molecule has 2 N–H and O–H groups in total. The topological polar surface area (TPSA) is 110 Å². The van der Waals surface area contributed by atoms with Crippen molar-refractivity contribution in [1.29, 1.82) is 0 Å². The van der Waals surface area contributed by atoms with Crippen LogP contribution in [0.15, 0.2) is 88.9 Å². The molecule has 8 nitrogen and oxygen atoms in total. The third kappa shape index (κ3) is 3.80. The van der Waals surface area contributed by atoms with E-state index in [4.69, 9.17) is 0 Å². The monoisotopic (exact) mass is 442 g/mol. The van der Waals surface area contributed by atoms with Gasteiger partial charge in [-0.05, 0) is 61.6 Å². The molecule has 4 aromatic rings. The summed E-state index contributed by atoms with van der Waals surface area (Å²) in [6.07, 6.45) is 1.71. The number of anilines is 1. The zero-order valence-electron chi connectivity index (χ0n) is 15.8. The first-order valence-corrected chi connectivity index (χ1v) is 11.9. The highest BCUT2D eigenvalue weighted by atomic mass is 32.2. The van der Waals surface area contributed by atoms with Gasteiger partial charge in [0.25, 0.3) is 10.0 Å². The van der Waals surface area contributed by atoms with Gasteiger partial charge in [-0.1, -0.05) is 18.2 Å². The van der Waals surface area contributed by atoms with Gasteiger partial charge in [-0.15, -0.1) is 0 Å². The largest absolute Gasteiger partial charge is 0.299 e. The molecule has 0 unspecified atom stereocenters. The SMILES string of the molecule is CNS(=O)(=O)c1cccc(S(=O)(=O)Nc2ccc(-n3cnc4ccccc43)cc2)c1. The van der Waals surface area contributed by atoms with Gasteiger partial charge in [0.15, 0.2) is 0 Å². The van der Waals surface area contributed by atoms with Crippen LogP contribution in [0.1, 0.15) is 0 Å². The summed E-state index contributed by atoms with van der Waals surface area (Å²) >= 11 is 0. The number of benzene rings is 3. The van der Waals surface area contributed by atoms with Gasteiger partial charge in [0.2, 0.25) is 10.0 Å². The fraction of sp³-hybridized carbons (Fsp3) is 0.0500. The Bertz CT molecular complexity index is 1430. The molecule has 0 bridgehead atoms. The van der Waals surface area contributed by atoms with Crippen molar-refractivity contribution in [3.05, 3.63) is 79.1 Å². The van der Waals surface area contributed by atoms with Crippen LogP contribution in [0.2, 0.25) is 0 Å². The summed E-state index contributed by atoms with van der Waals surface area (Å²) in [4.78, 5) is 4.07. The number of para-hydroxylation sites is 2. The van der Waals surface area contributed by atoms with Gasteiger partial charge in [-0.2, -0.15) is 0 Å². The standard InChI is InChI=1S/C20H18N4O4S2/c1-21-29(25,26)17-5-4-6-18(13-17)30(27,28)23-15-9-11-16(12-10-15)24-14-22-19-7-2-3-8-20(19)24/h2-14,21,23H,1H3. The average Bonchev–Trinajstić information content (AvgIpc) is 3.18. The van der Waals surface area contributed by atoms with E-state index in [9.17, 15) is 16.8 Å². The first kappa shape index (κ1) is 20.1. The summed E-state index contributed by atoms with van der Waals surface area (Å²) in [5, 5.41) is 0. The maximum atomic E-state index is 12.7. The molecule has 0 fully saturated rings. The predicted molar refractivity (Wildman–Crippen MR) is 115 cm³/mol. The second kappa shape index (κ2) is 7.56. The Morgan fingerprint density at radius 1 is 0.800 bits per heavy atom. The molecule has 3 aromatic carbocycles. The number of rotatable bonds is 6. The van der Waals surface area contributed by atoms with Crippen molar-refractivity contribution in [2.75, 3.05) is 11.8 Å². The molecule has 0 saturated heterocycles. The number of nitrogens with one attached hydrogen (secondary N) is 2. The van der Waals surface area contributed by atoms with Gasteiger partial charge < -0.3 is 0 Å². The number of hydrogen-bond acceptors (Lipinski definition) is 5. The van der Waals surface area contributed by atoms with Crippen LogP contribution in [-0.4, -0.2) is 33.4 Å². The van der Waals surface area contributed by atoms with Crippen LogP contribution in [0.3, 0.4) is 0 Å². The third-order valence-corrected chi connectivity index (χ3v) is 7.34. The molecule has 0 spiro atoms. The molecule has 1 heterocycles. The quantitative estimate of drug-likeness (QED) is 0.477. The van der Waals surface area contributed by atoms with Gasteiger partial charge in [0.1, 0.15) is 6.33 Å². The maximum Gasteiger partial charge on any atom is 0.261 e. The number of sulfonamides is 2. The highest BCUT2D eigenvalue weighted by molar-refractivity contribution is 7.93. The molecule has 30 heavy (non-hydrogen) atoms. The molecule has 10 heteroatoms. The maximum absolute atomic E-state index is 12.7. The highest BCUT2D eigenvalue weighted by Gasteiger charge is 2.19. The first-order chi connectivity index (χ1) is 14.3. The molecular weight excluding hydrogens is 424 g/mol. The average molecular weight is 443 g/mol. The van der Waals surface area contributed by atoms with E-state index in [1.165, 1.54) is 25.2 Å². The van der Waals surface area contributed by atoms with Crippen molar-refractivity contribution in [3.63, 3.8) is 0 Å². The van der Waals surface area contributed by atoms with Gasteiger partial charge in [-0.3, -0.25) is 9.29 Å². The molecule has 0 aliphatic heterocycles. The Balaban J connectivity index is 1.61. The first-order valence-electron chi connectivity index (χ1n) is 8.89. The fourth-order valence-electron chi connectivity index (χ4n) is 3.00. The lowest BCUT2D eigenvalue weighted by molar-refractivity contribution is 0.588. The number of hydrogen-bond donors (Lipinski definition) is 2. The van der Waals surface area contributed by atoms with Crippen molar-refractivity contribution >= 4 is 36.8 Å². The minimum Gasteiger partial charge on any atom is -0.299 e. The van der Waals surface area contributed by atoms with E-state index >= 15 is 0 Å². The van der Waals surface area contributed by atoms with Crippen molar-refractivity contribution < 1.29 is 16.8 Å². The minimum atomic E-state index is -3.97. The van der Waals surface area contributed by atoms with Crippen LogP contribution < -0.4 is 9.44 Å². The molecule has 0 radical (unpaired) electrons. The van der Waals surface area contributed by atoms with E-state index in [0.29, 0.717) is 5.69 Å². The third-order valence-electron chi connectivity index (χ3n) is 4.55. The van der Waals surface area contributed by atoms with Crippen molar-refractivity contribution in [2.24, 2.45) is 0 Å². The van der Waals surface area contributed by atoms with Crippen LogP contribution in [-0.2, 0) is 20.0 Å². The van der Waals surface area contributed by atoms with Gasteiger partial charge in [0, 0.05) is 11.4 Å². The Morgan fingerprint density at radius 2 is 1.47 bits per heavy atom. The Morgan fingerprint density at radius 3 is 2.17 bits per heavy atom. The van der Waals surface area contributed by atoms with Crippen LogP contribution in [0, 0.1) is 0 Å². The zero-order chi connectivity index (χ0) is 21.4. The van der Waals surface area contributed by atoms with Crippen molar-refractivity contribution in [1.82, 2.24) is 14.3 Å². The smallest absolute Gasteiger partial charge is 0.261 e. The van der Waals surface area contributed by atoms with E-state index in [-0.39, 0.29) is 9.79 Å². The van der Waals surface area contributed by atoms with E-state index in [1.54, 1.807) is 30.6 Å². The van der Waals surface area contributed by atoms with Crippen LogP contribution in [0.5, 0.6) is 0 Å². The Labute approximate surface area is 174 Å². The highest BCUT2D eigenvalue weighted by Crippen LogP contribution is 2.22. The normalized spacial score (nSPS) is 12.2. The molecule has 0 atom stereocenters. The fourth-order valence-corrected chi connectivity index (χ4v) is 4.95. The lowest BCUT2D eigenvalue weighted by Crippen LogP contribution is -2.19. The van der Waals surface area contributed by atoms with Gasteiger partial charge in [0.05, 0.1) is 20.8 Å². The molecule has 154 valence electrons. The van der Waals surface area contributed by atoms with Gasteiger partial charge >= 0.3 is 0 Å². The lowest BCUT2D eigenvalue weighted by Gasteiger charge is -2.11. The minimum absolute atomic E-state index is 0.129. The molecule has 4 rings (SSSR count). The second-order valence-corrected chi connectivity index (χ2v) is 10.0. The van der Waals surface area contributed by atoms with E-state index in [1.807, 2.05) is 28.8 Å². The van der Waals surface area contributed by atoms with E-state index in [0.717, 1.165) is 22.8 Å². The summed E-state index contributed by atoms with van der Waals surface area (Å²) in [6, 6.07) is 19.7. The number of aromatic nitrogens is 2. The summed E-state index contributed by atoms with van der Waals surface area (Å²) in [7, 11) is -6.46. The Kier molecular flexibility index (Phi) is 5.06. The molecule has 0 saturated carbocycles. The summed E-state index contributed by atoms with van der Waals surface area (Å²) in [5.74, 6) is 0. The van der Waals surface area contributed by atoms with Crippen LogP contribution >= 0.6 is 0 Å². The number of nitrogens with zero attached hydrogens (tertiary/aromatic N) is 2. The molecule has 0 amide bonds. The zero-order valence-corrected chi connectivity index (χ0v) is 17.5. The summed E-state index contributed by atoms with van der Waals surface area (Å²) in [5.41, 5.74) is 2.98. The predicted octanol–water partition coefficient (Wildman–Crippen LogP) is 2.73. The molecule has 0 aliphatic rings. The summed E-state index contributed by atoms with van der Waals surface area (Å²) in [6.45, 7) is 0. The Hall–Kier alpha value is -3.21. The van der Waals surface area contributed by atoms with Crippen molar-refractivity contribution in [3.8, 4) is 5.69 Å². The summed E-state index contributed by atoms with van der Waals surface area (Å²) < 4.78 is 55.9. The lowest BCUT2D eigenvalue weighted by atomic mass is 10.2. The second-order valence-electron chi connectivity index (χ2n) is 6.44. The molecule has 1 aromatic heterocycles. The van der Waals surface area contributed by atoms with E-state index in [2.05, 4.69) is 14.4 Å². The van der Waals surface area contributed by atoms with Crippen LogP contribution in [0.4, 0.5) is 5.69 Å². The molecule has 0 aliphatic carbocycles. The van der Waals surface area contributed by atoms with Crippen LogP contribution in [0.25, 0.3) is 16.7 Å². The number of fused-ring (bicyclic) bond motifs is 1. The van der Waals surface area contributed by atoms with Crippen molar-refractivity contribution in [2.45, 2.75) is 9.79 Å². The van der Waals surface area contributed by atoms with E-state index < -0.39 is 20.0 Å². The number of imidazole rings is 1. The van der Waals surface area contributed by atoms with Gasteiger partial charge in [-0.25, -0.2) is 26.5 Å².